The van der Waals surface area contributed by atoms with Crippen LogP contribution >= 0.6 is 11.6 Å². The fourth-order valence-electron chi connectivity index (χ4n) is 3.21. The number of piperidine rings is 1. The van der Waals surface area contributed by atoms with E-state index in [4.69, 9.17) is 16.3 Å². The normalized spacial score (nSPS) is 15.0. The third-order valence-corrected chi connectivity index (χ3v) is 5.11. The van der Waals surface area contributed by atoms with Gasteiger partial charge in [-0.1, -0.05) is 35.9 Å². The number of para-hydroxylation sites is 1. The molecule has 1 aliphatic rings. The Hall–Kier alpha value is -2.53. The Bertz CT molecular complexity index is 834. The summed E-state index contributed by atoms with van der Waals surface area (Å²) >= 11 is 6.06. The van der Waals surface area contributed by atoms with E-state index in [1.165, 1.54) is 6.42 Å². The molecule has 6 heteroatoms. The fraction of sp³-hybridized carbons (Fsp3) is 0.364. The number of hydrogen-bond acceptors (Lipinski definition) is 3. The molecular formula is C22H25ClN2O3. The minimum atomic E-state index is -0.682. The van der Waals surface area contributed by atoms with Gasteiger partial charge in [-0.25, -0.2) is 0 Å². The minimum absolute atomic E-state index is 0.0586. The molecule has 0 radical (unpaired) electrons. The summed E-state index contributed by atoms with van der Waals surface area (Å²) in [6, 6.07) is 14.5. The maximum atomic E-state index is 12.6. The molecule has 148 valence electrons. The molecule has 5 nitrogen and oxygen atoms in total. The molecule has 0 spiro atoms. The SMILES string of the molecule is CC(Oc1ccccc1Cl)C(=O)NCc1cccc(C(=O)N2CCCCC2)c1. The first kappa shape index (κ1) is 20.2. The Balaban J connectivity index is 1.56. The lowest BCUT2D eigenvalue weighted by atomic mass is 10.1. The lowest BCUT2D eigenvalue weighted by Crippen LogP contribution is -2.36. The van der Waals surface area contributed by atoms with Crippen LogP contribution in [-0.2, 0) is 11.3 Å². The van der Waals surface area contributed by atoms with Gasteiger partial charge in [-0.05, 0) is 56.0 Å². The van der Waals surface area contributed by atoms with E-state index in [1.54, 1.807) is 31.2 Å². The van der Waals surface area contributed by atoms with Crippen LogP contribution in [0.1, 0.15) is 42.1 Å². The Kier molecular flexibility index (Phi) is 6.93. The van der Waals surface area contributed by atoms with Gasteiger partial charge in [-0.3, -0.25) is 9.59 Å². The highest BCUT2D eigenvalue weighted by Gasteiger charge is 2.19. The molecule has 3 rings (SSSR count). The molecule has 1 fully saturated rings. The second-order valence-corrected chi connectivity index (χ2v) is 7.37. The van der Waals surface area contributed by atoms with Crippen LogP contribution in [0.4, 0.5) is 0 Å². The van der Waals surface area contributed by atoms with Gasteiger partial charge in [0.2, 0.25) is 0 Å². The third kappa shape index (κ3) is 5.26. The Morgan fingerprint density at radius 2 is 1.86 bits per heavy atom. The monoisotopic (exact) mass is 400 g/mol. The second-order valence-electron chi connectivity index (χ2n) is 6.96. The highest BCUT2D eigenvalue weighted by atomic mass is 35.5. The van der Waals surface area contributed by atoms with Gasteiger partial charge in [0, 0.05) is 25.2 Å². The van der Waals surface area contributed by atoms with Crippen molar-refractivity contribution in [3.63, 3.8) is 0 Å². The molecule has 0 saturated carbocycles. The van der Waals surface area contributed by atoms with Gasteiger partial charge in [0.1, 0.15) is 5.75 Å². The number of carbonyl (C=O) groups excluding carboxylic acids is 2. The van der Waals surface area contributed by atoms with E-state index >= 15 is 0 Å². The van der Waals surface area contributed by atoms with Crippen LogP contribution in [0, 0.1) is 0 Å². The molecule has 1 aliphatic heterocycles. The average Bonchev–Trinajstić information content (AvgIpc) is 2.74. The molecule has 1 heterocycles. The van der Waals surface area contributed by atoms with Crippen LogP contribution in [-0.4, -0.2) is 35.9 Å². The molecule has 1 N–H and O–H groups in total. The van der Waals surface area contributed by atoms with Gasteiger partial charge in [0.15, 0.2) is 6.10 Å². The summed E-state index contributed by atoms with van der Waals surface area (Å²) in [4.78, 5) is 26.9. The van der Waals surface area contributed by atoms with Crippen LogP contribution in [0.2, 0.25) is 5.02 Å². The van der Waals surface area contributed by atoms with Crippen molar-refractivity contribution in [1.29, 1.82) is 0 Å². The lowest BCUT2D eigenvalue weighted by molar-refractivity contribution is -0.127. The van der Waals surface area contributed by atoms with Crippen molar-refractivity contribution in [2.45, 2.75) is 38.8 Å². The first-order valence-corrected chi connectivity index (χ1v) is 9.99. The zero-order chi connectivity index (χ0) is 19.9. The predicted octanol–water partition coefficient (Wildman–Crippen LogP) is 4.05. The average molecular weight is 401 g/mol. The second kappa shape index (κ2) is 9.60. The standard InChI is InChI=1S/C22H25ClN2O3/c1-16(28-20-11-4-3-10-19(20)23)21(26)24-15-17-8-7-9-18(14-17)22(27)25-12-5-2-6-13-25/h3-4,7-11,14,16H,2,5-6,12-13,15H2,1H3,(H,24,26). The summed E-state index contributed by atoms with van der Waals surface area (Å²) in [5, 5.41) is 3.32. The first-order valence-electron chi connectivity index (χ1n) is 9.61. The number of nitrogens with zero attached hydrogens (tertiary/aromatic N) is 1. The van der Waals surface area contributed by atoms with E-state index in [1.807, 2.05) is 29.2 Å². The summed E-state index contributed by atoms with van der Waals surface area (Å²) in [5.74, 6) is 0.289. The molecule has 2 aromatic carbocycles. The lowest BCUT2D eigenvalue weighted by Gasteiger charge is -2.26. The molecule has 0 aromatic heterocycles. The Labute approximate surface area is 170 Å². The number of carbonyl (C=O) groups is 2. The molecule has 1 saturated heterocycles. The molecule has 2 amide bonds. The predicted molar refractivity (Wildman–Crippen MR) is 110 cm³/mol. The number of hydrogen-bond donors (Lipinski definition) is 1. The largest absolute Gasteiger partial charge is 0.479 e. The number of halogens is 1. The van der Waals surface area contributed by atoms with Crippen LogP contribution < -0.4 is 10.1 Å². The Morgan fingerprint density at radius 3 is 2.61 bits per heavy atom. The smallest absolute Gasteiger partial charge is 0.261 e. The quantitative estimate of drug-likeness (QED) is 0.795. The maximum absolute atomic E-state index is 12.6. The Morgan fingerprint density at radius 1 is 1.11 bits per heavy atom. The minimum Gasteiger partial charge on any atom is -0.479 e. The molecule has 1 atom stereocenters. The van der Waals surface area contributed by atoms with Crippen LogP contribution in [0.5, 0.6) is 5.75 Å². The maximum Gasteiger partial charge on any atom is 0.261 e. The topological polar surface area (TPSA) is 58.6 Å². The van der Waals surface area contributed by atoms with Crippen molar-refractivity contribution in [3.8, 4) is 5.75 Å². The number of rotatable bonds is 6. The van der Waals surface area contributed by atoms with Gasteiger partial charge in [0.25, 0.3) is 11.8 Å². The van der Waals surface area contributed by atoms with Crippen LogP contribution in [0.15, 0.2) is 48.5 Å². The number of amides is 2. The fourth-order valence-corrected chi connectivity index (χ4v) is 3.39. The molecule has 2 aromatic rings. The van der Waals surface area contributed by atoms with E-state index in [9.17, 15) is 9.59 Å². The zero-order valence-electron chi connectivity index (χ0n) is 16.0. The molecular weight excluding hydrogens is 376 g/mol. The van der Waals surface area contributed by atoms with E-state index in [0.29, 0.717) is 22.9 Å². The number of benzene rings is 2. The number of ether oxygens (including phenoxy) is 1. The zero-order valence-corrected chi connectivity index (χ0v) is 16.7. The van der Waals surface area contributed by atoms with Crippen molar-refractivity contribution in [3.05, 3.63) is 64.7 Å². The highest BCUT2D eigenvalue weighted by Crippen LogP contribution is 2.24. The first-order chi connectivity index (χ1) is 13.5. The van der Waals surface area contributed by atoms with E-state index in [0.717, 1.165) is 31.5 Å². The summed E-state index contributed by atoms with van der Waals surface area (Å²) < 4.78 is 5.63. The summed E-state index contributed by atoms with van der Waals surface area (Å²) in [6.45, 7) is 3.64. The third-order valence-electron chi connectivity index (χ3n) is 4.79. The summed E-state index contributed by atoms with van der Waals surface area (Å²) in [7, 11) is 0. The van der Waals surface area contributed by atoms with Gasteiger partial charge in [-0.15, -0.1) is 0 Å². The van der Waals surface area contributed by atoms with E-state index < -0.39 is 6.10 Å². The van der Waals surface area contributed by atoms with E-state index in [2.05, 4.69) is 5.32 Å². The number of nitrogens with one attached hydrogen (secondary N) is 1. The molecule has 0 bridgehead atoms. The molecule has 28 heavy (non-hydrogen) atoms. The highest BCUT2D eigenvalue weighted by molar-refractivity contribution is 6.32. The molecule has 1 unspecified atom stereocenters. The van der Waals surface area contributed by atoms with Crippen LogP contribution in [0.3, 0.4) is 0 Å². The van der Waals surface area contributed by atoms with Gasteiger partial charge >= 0.3 is 0 Å². The van der Waals surface area contributed by atoms with Crippen molar-refractivity contribution in [1.82, 2.24) is 10.2 Å². The summed E-state index contributed by atoms with van der Waals surface area (Å²) in [6.07, 6.45) is 2.62. The summed E-state index contributed by atoms with van der Waals surface area (Å²) in [5.41, 5.74) is 1.54. The van der Waals surface area contributed by atoms with Crippen molar-refractivity contribution >= 4 is 23.4 Å². The van der Waals surface area contributed by atoms with Gasteiger partial charge in [-0.2, -0.15) is 0 Å². The number of likely N-dealkylation sites (tertiary alicyclic amines) is 1. The van der Waals surface area contributed by atoms with Crippen LogP contribution in [0.25, 0.3) is 0 Å². The van der Waals surface area contributed by atoms with Crippen molar-refractivity contribution in [2.24, 2.45) is 0 Å². The van der Waals surface area contributed by atoms with Crippen molar-refractivity contribution in [2.75, 3.05) is 13.1 Å². The van der Waals surface area contributed by atoms with Gasteiger partial charge in [0.05, 0.1) is 5.02 Å². The molecule has 0 aliphatic carbocycles. The van der Waals surface area contributed by atoms with Crippen molar-refractivity contribution < 1.29 is 14.3 Å². The van der Waals surface area contributed by atoms with Gasteiger partial charge < -0.3 is 15.0 Å². The van der Waals surface area contributed by atoms with E-state index in [-0.39, 0.29) is 11.8 Å².